The SMILES string of the molecule is Cc1c(-c2ccccc2)nc(N)c(C#N)c1-c1cccc(Br)c1. The lowest BCUT2D eigenvalue weighted by Gasteiger charge is -2.15. The number of nitriles is 1. The molecule has 0 radical (unpaired) electrons. The molecule has 0 saturated heterocycles. The van der Waals surface area contributed by atoms with E-state index in [1.165, 1.54) is 0 Å². The molecule has 0 saturated carbocycles. The Kier molecular flexibility index (Phi) is 4.14. The van der Waals surface area contributed by atoms with E-state index in [1.807, 2.05) is 61.5 Å². The highest BCUT2D eigenvalue weighted by Gasteiger charge is 2.18. The highest BCUT2D eigenvalue weighted by Crippen LogP contribution is 2.36. The number of nitrogens with two attached hydrogens (primary N) is 1. The lowest BCUT2D eigenvalue weighted by atomic mass is 9.93. The fraction of sp³-hybridized carbons (Fsp3) is 0.0526. The first-order valence-corrected chi connectivity index (χ1v) is 7.92. The van der Waals surface area contributed by atoms with Crippen molar-refractivity contribution >= 4 is 21.7 Å². The van der Waals surface area contributed by atoms with Crippen molar-refractivity contribution in [2.75, 3.05) is 5.73 Å². The fourth-order valence-electron chi connectivity index (χ4n) is 2.69. The number of nitrogens with zero attached hydrogens (tertiary/aromatic N) is 2. The van der Waals surface area contributed by atoms with Gasteiger partial charge in [0.25, 0.3) is 0 Å². The second kappa shape index (κ2) is 6.23. The van der Waals surface area contributed by atoms with Gasteiger partial charge in [-0.15, -0.1) is 0 Å². The first-order valence-electron chi connectivity index (χ1n) is 7.13. The third-order valence-electron chi connectivity index (χ3n) is 3.74. The molecular weight excluding hydrogens is 350 g/mol. The van der Waals surface area contributed by atoms with Crippen LogP contribution in [0.2, 0.25) is 0 Å². The van der Waals surface area contributed by atoms with Crippen LogP contribution in [0.1, 0.15) is 11.1 Å². The Morgan fingerprint density at radius 2 is 1.74 bits per heavy atom. The number of anilines is 1. The van der Waals surface area contributed by atoms with Gasteiger partial charge in [0.1, 0.15) is 17.5 Å². The monoisotopic (exact) mass is 363 g/mol. The van der Waals surface area contributed by atoms with Crippen molar-refractivity contribution in [3.8, 4) is 28.5 Å². The molecule has 0 spiro atoms. The molecule has 1 aromatic heterocycles. The van der Waals surface area contributed by atoms with Crippen LogP contribution in [0.4, 0.5) is 5.82 Å². The molecule has 3 nitrogen and oxygen atoms in total. The minimum absolute atomic E-state index is 0.256. The van der Waals surface area contributed by atoms with E-state index in [0.29, 0.717) is 5.56 Å². The number of benzene rings is 2. The fourth-order valence-corrected chi connectivity index (χ4v) is 3.09. The van der Waals surface area contributed by atoms with Crippen LogP contribution in [0.25, 0.3) is 22.4 Å². The van der Waals surface area contributed by atoms with Crippen LogP contribution in [-0.4, -0.2) is 4.98 Å². The van der Waals surface area contributed by atoms with E-state index in [-0.39, 0.29) is 5.82 Å². The van der Waals surface area contributed by atoms with Crippen molar-refractivity contribution in [2.24, 2.45) is 0 Å². The van der Waals surface area contributed by atoms with E-state index in [1.54, 1.807) is 0 Å². The van der Waals surface area contributed by atoms with E-state index in [2.05, 4.69) is 27.0 Å². The molecule has 1 heterocycles. The van der Waals surface area contributed by atoms with Crippen molar-refractivity contribution in [3.05, 3.63) is 70.2 Å². The van der Waals surface area contributed by atoms with Gasteiger partial charge in [-0.25, -0.2) is 4.98 Å². The lowest BCUT2D eigenvalue weighted by Crippen LogP contribution is -2.03. The van der Waals surface area contributed by atoms with Crippen LogP contribution in [-0.2, 0) is 0 Å². The summed E-state index contributed by atoms with van der Waals surface area (Å²) in [5.74, 6) is 0.256. The number of hydrogen-bond acceptors (Lipinski definition) is 3. The van der Waals surface area contributed by atoms with Crippen LogP contribution in [0.3, 0.4) is 0 Å². The quantitative estimate of drug-likeness (QED) is 0.701. The van der Waals surface area contributed by atoms with Crippen molar-refractivity contribution in [1.82, 2.24) is 4.98 Å². The molecule has 2 aromatic carbocycles. The van der Waals surface area contributed by atoms with Gasteiger partial charge in [0, 0.05) is 15.6 Å². The molecule has 23 heavy (non-hydrogen) atoms. The predicted molar refractivity (Wildman–Crippen MR) is 96.7 cm³/mol. The Bertz CT molecular complexity index is 912. The Morgan fingerprint density at radius 3 is 2.39 bits per heavy atom. The zero-order chi connectivity index (χ0) is 16.4. The molecule has 0 unspecified atom stereocenters. The van der Waals surface area contributed by atoms with Crippen LogP contribution in [0.15, 0.2) is 59.1 Å². The molecule has 0 bridgehead atoms. The third-order valence-corrected chi connectivity index (χ3v) is 4.23. The number of halogens is 1. The zero-order valence-electron chi connectivity index (χ0n) is 12.5. The molecule has 3 aromatic rings. The highest BCUT2D eigenvalue weighted by molar-refractivity contribution is 9.10. The van der Waals surface area contributed by atoms with Gasteiger partial charge in [0.05, 0.1) is 5.69 Å². The summed E-state index contributed by atoms with van der Waals surface area (Å²) in [5.41, 5.74) is 11.0. The molecule has 0 aliphatic carbocycles. The van der Waals surface area contributed by atoms with Gasteiger partial charge in [-0.05, 0) is 30.2 Å². The van der Waals surface area contributed by atoms with Crippen molar-refractivity contribution in [1.29, 1.82) is 5.26 Å². The van der Waals surface area contributed by atoms with E-state index in [9.17, 15) is 5.26 Å². The average molecular weight is 364 g/mol. The molecule has 0 aliphatic rings. The van der Waals surface area contributed by atoms with Crippen LogP contribution >= 0.6 is 15.9 Å². The van der Waals surface area contributed by atoms with Gasteiger partial charge in [-0.3, -0.25) is 0 Å². The normalized spacial score (nSPS) is 10.3. The molecular formula is C19H14BrN3. The largest absolute Gasteiger partial charge is 0.383 e. The van der Waals surface area contributed by atoms with Gasteiger partial charge < -0.3 is 5.73 Å². The van der Waals surface area contributed by atoms with E-state index in [4.69, 9.17) is 5.73 Å². The third kappa shape index (κ3) is 2.84. The first-order chi connectivity index (χ1) is 11.1. The summed E-state index contributed by atoms with van der Waals surface area (Å²) in [6, 6.07) is 19.9. The number of pyridine rings is 1. The molecule has 112 valence electrons. The first kappa shape index (κ1) is 15.3. The smallest absolute Gasteiger partial charge is 0.142 e. The molecule has 0 fully saturated rings. The molecule has 0 aliphatic heterocycles. The average Bonchev–Trinajstić information content (AvgIpc) is 2.57. The minimum Gasteiger partial charge on any atom is -0.383 e. The topological polar surface area (TPSA) is 62.7 Å². The van der Waals surface area contributed by atoms with Gasteiger partial charge in [-0.2, -0.15) is 5.26 Å². The Balaban J connectivity index is 2.34. The Morgan fingerprint density at radius 1 is 1.04 bits per heavy atom. The van der Waals surface area contributed by atoms with Gasteiger partial charge in [0.2, 0.25) is 0 Å². The maximum Gasteiger partial charge on any atom is 0.142 e. The maximum atomic E-state index is 9.53. The van der Waals surface area contributed by atoms with Crippen LogP contribution < -0.4 is 5.73 Å². The standard InChI is InChI=1S/C19H14BrN3/c1-12-17(14-8-5-9-15(20)10-14)16(11-21)19(22)23-18(12)13-6-3-2-4-7-13/h2-10H,1H3,(H2,22,23). The summed E-state index contributed by atoms with van der Waals surface area (Å²) in [6.07, 6.45) is 0. The molecule has 0 amide bonds. The van der Waals surface area contributed by atoms with Crippen molar-refractivity contribution in [3.63, 3.8) is 0 Å². The summed E-state index contributed by atoms with van der Waals surface area (Å²) in [4.78, 5) is 4.47. The number of aromatic nitrogens is 1. The second-order valence-corrected chi connectivity index (χ2v) is 6.12. The lowest BCUT2D eigenvalue weighted by molar-refractivity contribution is 1.26. The minimum atomic E-state index is 0.256. The molecule has 2 N–H and O–H groups in total. The summed E-state index contributed by atoms with van der Waals surface area (Å²) in [6.45, 7) is 1.98. The molecule has 0 atom stereocenters. The highest BCUT2D eigenvalue weighted by atomic mass is 79.9. The van der Waals surface area contributed by atoms with Crippen LogP contribution in [0.5, 0.6) is 0 Å². The maximum absolute atomic E-state index is 9.53. The molecule has 3 rings (SSSR count). The second-order valence-electron chi connectivity index (χ2n) is 5.21. The summed E-state index contributed by atoms with van der Waals surface area (Å²) >= 11 is 3.48. The van der Waals surface area contributed by atoms with Crippen molar-refractivity contribution in [2.45, 2.75) is 6.92 Å². The van der Waals surface area contributed by atoms with Crippen molar-refractivity contribution < 1.29 is 0 Å². The Labute approximate surface area is 143 Å². The summed E-state index contributed by atoms with van der Waals surface area (Å²) < 4.78 is 0.954. The van der Waals surface area contributed by atoms with E-state index in [0.717, 1.165) is 32.4 Å². The summed E-state index contributed by atoms with van der Waals surface area (Å²) in [5, 5.41) is 9.53. The van der Waals surface area contributed by atoms with Gasteiger partial charge in [0.15, 0.2) is 0 Å². The number of hydrogen-bond donors (Lipinski definition) is 1. The predicted octanol–water partition coefficient (Wildman–Crippen LogP) is 4.94. The molecule has 4 heteroatoms. The summed E-state index contributed by atoms with van der Waals surface area (Å²) in [7, 11) is 0. The van der Waals surface area contributed by atoms with E-state index < -0.39 is 0 Å². The Hall–Kier alpha value is -2.64. The van der Waals surface area contributed by atoms with Crippen LogP contribution in [0, 0.1) is 18.3 Å². The van der Waals surface area contributed by atoms with Gasteiger partial charge >= 0.3 is 0 Å². The number of nitrogen functional groups attached to an aromatic ring is 1. The number of rotatable bonds is 2. The zero-order valence-corrected chi connectivity index (χ0v) is 14.1. The van der Waals surface area contributed by atoms with Gasteiger partial charge in [-0.1, -0.05) is 58.4 Å². The van der Waals surface area contributed by atoms with E-state index >= 15 is 0 Å².